The molecule has 0 spiro atoms. The Labute approximate surface area is 134 Å². The first-order valence-corrected chi connectivity index (χ1v) is 7.80. The largest absolute Gasteiger partial charge is 0.467 e. The van der Waals surface area contributed by atoms with E-state index in [9.17, 15) is 14.3 Å². The van der Waals surface area contributed by atoms with Crippen LogP contribution in [0.1, 0.15) is 43.6 Å². The number of hydrogen-bond acceptors (Lipinski definition) is 3. The lowest BCUT2D eigenvalue weighted by Crippen LogP contribution is -2.40. The van der Waals surface area contributed by atoms with Crippen LogP contribution in [0.25, 0.3) is 0 Å². The number of nitrogens with one attached hydrogen (secondary N) is 1. The van der Waals surface area contributed by atoms with E-state index in [4.69, 9.17) is 4.42 Å². The van der Waals surface area contributed by atoms with Crippen LogP contribution in [-0.2, 0) is 10.2 Å². The summed E-state index contributed by atoms with van der Waals surface area (Å²) in [4.78, 5) is 12.6. The molecule has 3 rings (SSSR count). The Morgan fingerprint density at radius 2 is 2.04 bits per heavy atom. The van der Waals surface area contributed by atoms with Crippen molar-refractivity contribution in [3.8, 4) is 0 Å². The molecule has 4 nitrogen and oxygen atoms in total. The molecule has 122 valence electrons. The van der Waals surface area contributed by atoms with Gasteiger partial charge in [0.05, 0.1) is 11.7 Å². The fourth-order valence-corrected chi connectivity index (χ4v) is 2.89. The summed E-state index contributed by atoms with van der Waals surface area (Å²) >= 11 is 0. The lowest BCUT2D eigenvalue weighted by atomic mass is 9.94. The van der Waals surface area contributed by atoms with Gasteiger partial charge in [0.1, 0.15) is 17.7 Å². The van der Waals surface area contributed by atoms with E-state index < -0.39 is 11.5 Å². The minimum absolute atomic E-state index is 0.0664. The van der Waals surface area contributed by atoms with Crippen molar-refractivity contribution in [2.75, 3.05) is 0 Å². The van der Waals surface area contributed by atoms with E-state index in [0.717, 1.165) is 18.4 Å². The van der Waals surface area contributed by atoms with Gasteiger partial charge in [-0.15, -0.1) is 0 Å². The van der Waals surface area contributed by atoms with E-state index in [1.54, 1.807) is 24.3 Å². The van der Waals surface area contributed by atoms with Crippen molar-refractivity contribution in [3.05, 3.63) is 59.8 Å². The van der Waals surface area contributed by atoms with Crippen molar-refractivity contribution in [3.63, 3.8) is 0 Å². The van der Waals surface area contributed by atoms with Crippen LogP contribution < -0.4 is 5.32 Å². The van der Waals surface area contributed by atoms with Gasteiger partial charge in [0.2, 0.25) is 5.91 Å². The maximum atomic E-state index is 13.0. The fourth-order valence-electron chi connectivity index (χ4n) is 2.89. The molecule has 0 radical (unpaired) electrons. The average Bonchev–Trinajstić information content (AvgIpc) is 3.14. The van der Waals surface area contributed by atoms with Crippen LogP contribution in [0.5, 0.6) is 0 Å². The molecule has 2 N–H and O–H groups in total. The molecule has 1 aliphatic rings. The van der Waals surface area contributed by atoms with Gasteiger partial charge in [0.15, 0.2) is 0 Å². The molecule has 0 saturated heterocycles. The van der Waals surface area contributed by atoms with Gasteiger partial charge < -0.3 is 14.8 Å². The number of halogens is 1. The van der Waals surface area contributed by atoms with E-state index in [0.29, 0.717) is 12.2 Å². The van der Waals surface area contributed by atoms with Gasteiger partial charge in [0.25, 0.3) is 0 Å². The molecule has 1 amide bonds. The minimum atomic E-state index is -0.749. The monoisotopic (exact) mass is 317 g/mol. The van der Waals surface area contributed by atoms with Gasteiger partial charge >= 0.3 is 0 Å². The summed E-state index contributed by atoms with van der Waals surface area (Å²) < 4.78 is 18.2. The maximum Gasteiger partial charge on any atom is 0.230 e. The van der Waals surface area contributed by atoms with Gasteiger partial charge in [0, 0.05) is 12.5 Å². The number of amides is 1. The van der Waals surface area contributed by atoms with E-state index in [1.807, 2.05) is 6.92 Å². The number of carbonyl (C=O) groups is 1. The number of aliphatic hydroxyl groups excluding tert-OH is 1. The number of hydrogen-bond donors (Lipinski definition) is 2. The highest BCUT2D eigenvalue weighted by molar-refractivity contribution is 5.91. The fraction of sp³-hybridized carbons (Fsp3) is 0.389. The quantitative estimate of drug-likeness (QED) is 0.860. The van der Waals surface area contributed by atoms with Crippen molar-refractivity contribution in [1.29, 1.82) is 0 Å². The third-order valence-electron chi connectivity index (χ3n) is 4.41. The van der Waals surface area contributed by atoms with Gasteiger partial charge in [-0.25, -0.2) is 4.39 Å². The van der Waals surface area contributed by atoms with Crippen molar-refractivity contribution >= 4 is 5.91 Å². The average molecular weight is 317 g/mol. The highest BCUT2D eigenvalue weighted by Gasteiger charge is 2.51. The second-order valence-electron chi connectivity index (χ2n) is 6.23. The van der Waals surface area contributed by atoms with Crippen molar-refractivity contribution in [2.45, 2.75) is 43.7 Å². The molecule has 1 aliphatic carbocycles. The van der Waals surface area contributed by atoms with Gasteiger partial charge in [-0.05, 0) is 49.6 Å². The minimum Gasteiger partial charge on any atom is -0.467 e. The molecule has 5 heteroatoms. The number of carbonyl (C=O) groups excluding carboxylic acids is 1. The normalized spacial score (nSPS) is 18.2. The van der Waals surface area contributed by atoms with E-state index in [1.165, 1.54) is 18.4 Å². The number of aliphatic hydroxyl groups is 1. The molecule has 1 fully saturated rings. The Bertz CT molecular complexity index is 662. The van der Waals surface area contributed by atoms with Crippen LogP contribution in [0, 0.1) is 5.82 Å². The van der Waals surface area contributed by atoms with Crippen LogP contribution in [-0.4, -0.2) is 17.1 Å². The molecule has 23 heavy (non-hydrogen) atoms. The summed E-state index contributed by atoms with van der Waals surface area (Å²) in [5.41, 5.74) is 0.299. The standard InChI is InChI=1S/C18H20FNO3/c1-12(11-15(21)16-3-2-10-23-16)20-17(22)18(8-9-18)13-4-6-14(19)7-5-13/h2-7,10,12,15,21H,8-9,11H2,1H3,(H,20,22). The van der Waals surface area contributed by atoms with Gasteiger partial charge in [-0.3, -0.25) is 4.79 Å². The Balaban J connectivity index is 1.61. The summed E-state index contributed by atoms with van der Waals surface area (Å²) in [7, 11) is 0. The van der Waals surface area contributed by atoms with Crippen LogP contribution in [0.15, 0.2) is 47.1 Å². The summed E-state index contributed by atoms with van der Waals surface area (Å²) in [6.45, 7) is 1.85. The predicted molar refractivity (Wildman–Crippen MR) is 83.2 cm³/mol. The van der Waals surface area contributed by atoms with Crippen LogP contribution >= 0.6 is 0 Å². The molecule has 2 unspecified atom stereocenters. The third-order valence-corrected chi connectivity index (χ3v) is 4.41. The molecule has 1 heterocycles. The van der Waals surface area contributed by atoms with E-state index >= 15 is 0 Å². The first-order chi connectivity index (χ1) is 11.0. The zero-order chi connectivity index (χ0) is 16.4. The zero-order valence-corrected chi connectivity index (χ0v) is 13.0. The molecule has 1 aromatic heterocycles. The molecular weight excluding hydrogens is 297 g/mol. The van der Waals surface area contributed by atoms with Crippen molar-refractivity contribution in [1.82, 2.24) is 5.32 Å². The van der Waals surface area contributed by atoms with Crippen molar-refractivity contribution in [2.24, 2.45) is 0 Å². The molecule has 1 aromatic carbocycles. The third kappa shape index (κ3) is 3.29. The second kappa shape index (κ2) is 6.16. The Hall–Kier alpha value is -2.14. The topological polar surface area (TPSA) is 62.5 Å². The van der Waals surface area contributed by atoms with Crippen molar-refractivity contribution < 1.29 is 18.7 Å². The Morgan fingerprint density at radius 1 is 1.35 bits per heavy atom. The molecule has 2 aromatic rings. The van der Waals surface area contributed by atoms with Crippen LogP contribution in [0.2, 0.25) is 0 Å². The van der Waals surface area contributed by atoms with Crippen LogP contribution in [0.3, 0.4) is 0 Å². The summed E-state index contributed by atoms with van der Waals surface area (Å²) in [6.07, 6.45) is 2.66. The smallest absolute Gasteiger partial charge is 0.230 e. The zero-order valence-electron chi connectivity index (χ0n) is 13.0. The second-order valence-corrected chi connectivity index (χ2v) is 6.23. The predicted octanol–water partition coefficient (Wildman–Crippen LogP) is 3.08. The molecular formula is C18H20FNO3. The number of furan rings is 1. The Kier molecular flexibility index (Phi) is 4.22. The van der Waals surface area contributed by atoms with E-state index in [-0.39, 0.29) is 17.8 Å². The highest BCUT2D eigenvalue weighted by Crippen LogP contribution is 2.48. The highest BCUT2D eigenvalue weighted by atomic mass is 19.1. The van der Waals surface area contributed by atoms with Crippen LogP contribution in [0.4, 0.5) is 4.39 Å². The van der Waals surface area contributed by atoms with Gasteiger partial charge in [-0.1, -0.05) is 12.1 Å². The summed E-state index contributed by atoms with van der Waals surface area (Å²) in [5.74, 6) is 0.119. The SMILES string of the molecule is CC(CC(O)c1ccco1)NC(=O)C1(c2ccc(F)cc2)CC1. The summed E-state index contributed by atoms with van der Waals surface area (Å²) in [5, 5.41) is 13.0. The number of rotatable bonds is 6. The van der Waals surface area contributed by atoms with Gasteiger partial charge in [-0.2, -0.15) is 0 Å². The maximum absolute atomic E-state index is 13.0. The molecule has 0 aliphatic heterocycles. The van der Waals surface area contributed by atoms with E-state index in [2.05, 4.69) is 5.32 Å². The lowest BCUT2D eigenvalue weighted by molar-refractivity contribution is -0.124. The Morgan fingerprint density at radius 3 is 2.61 bits per heavy atom. The first-order valence-electron chi connectivity index (χ1n) is 7.80. The number of benzene rings is 1. The first kappa shape index (κ1) is 15.7. The molecule has 2 atom stereocenters. The summed E-state index contributed by atoms with van der Waals surface area (Å²) in [6, 6.07) is 9.34. The lowest BCUT2D eigenvalue weighted by Gasteiger charge is -2.21. The molecule has 1 saturated carbocycles. The molecule has 0 bridgehead atoms.